The maximum Gasteiger partial charge on any atom is 0.262 e. The molecule has 1 aromatic heterocycles. The molecule has 5 nitrogen and oxygen atoms in total. The molecule has 2 amide bonds. The highest BCUT2D eigenvalue weighted by Gasteiger charge is 2.22. The maximum atomic E-state index is 11.9. The Labute approximate surface area is 136 Å². The molecule has 1 aliphatic rings. The molecule has 1 fully saturated rings. The summed E-state index contributed by atoms with van der Waals surface area (Å²) in [5.74, 6) is -0.361. The van der Waals surface area contributed by atoms with Crippen LogP contribution in [0.4, 0.5) is 0 Å². The summed E-state index contributed by atoms with van der Waals surface area (Å²) in [7, 11) is 0. The first-order chi connectivity index (χ1) is 9.06. The van der Waals surface area contributed by atoms with E-state index in [2.05, 4.69) is 31.9 Å². The van der Waals surface area contributed by atoms with Crippen LogP contribution in [0, 0.1) is 0 Å². The normalized spacial score (nSPS) is 19.0. The minimum Gasteiger partial charge on any atom is -0.350 e. The third kappa shape index (κ3) is 4.73. The van der Waals surface area contributed by atoms with Crippen LogP contribution < -0.4 is 16.0 Å². The van der Waals surface area contributed by atoms with Crippen molar-refractivity contribution in [3.63, 3.8) is 0 Å². The Morgan fingerprint density at radius 2 is 2.25 bits per heavy atom. The van der Waals surface area contributed by atoms with Crippen molar-refractivity contribution >= 4 is 51.5 Å². The summed E-state index contributed by atoms with van der Waals surface area (Å²) in [6.45, 7) is 3.41. The predicted octanol–water partition coefficient (Wildman–Crippen LogP) is 1.53. The minimum atomic E-state index is -0.533. The summed E-state index contributed by atoms with van der Waals surface area (Å²) in [6, 6.07) is 3.18. The van der Waals surface area contributed by atoms with Crippen LogP contribution in [0.2, 0.25) is 0 Å². The molecule has 0 bridgehead atoms. The number of nitrogens with one attached hydrogen (secondary N) is 3. The molecule has 1 saturated heterocycles. The van der Waals surface area contributed by atoms with Gasteiger partial charge in [0, 0.05) is 12.6 Å². The highest BCUT2D eigenvalue weighted by molar-refractivity contribution is 9.11. The standard InChI is InChI=1S/C12H16BrN3O2S.ClH/c1-7(11(17)16-8-4-5-14-6-8)15-12(18)9-2-3-10(13)19-9;/h2-3,7-8,14H,4-6H2,1H3,(H,15,18)(H,16,17);1H. The molecule has 1 aromatic rings. The van der Waals surface area contributed by atoms with Gasteiger partial charge in [0.1, 0.15) is 6.04 Å². The summed E-state index contributed by atoms with van der Waals surface area (Å²) in [5.41, 5.74) is 0. The Bertz CT molecular complexity index is 477. The van der Waals surface area contributed by atoms with Gasteiger partial charge >= 0.3 is 0 Å². The van der Waals surface area contributed by atoms with Crippen molar-refractivity contribution in [2.24, 2.45) is 0 Å². The van der Waals surface area contributed by atoms with Gasteiger partial charge in [-0.25, -0.2) is 0 Å². The van der Waals surface area contributed by atoms with Crippen LogP contribution in [0.15, 0.2) is 15.9 Å². The summed E-state index contributed by atoms with van der Waals surface area (Å²) < 4.78 is 0.895. The van der Waals surface area contributed by atoms with Gasteiger partial charge in [0.25, 0.3) is 5.91 Å². The van der Waals surface area contributed by atoms with Crippen molar-refractivity contribution in [2.75, 3.05) is 13.1 Å². The van der Waals surface area contributed by atoms with Crippen molar-refractivity contribution < 1.29 is 9.59 Å². The van der Waals surface area contributed by atoms with Gasteiger partial charge in [-0.2, -0.15) is 0 Å². The third-order valence-corrected chi connectivity index (χ3v) is 4.57. The van der Waals surface area contributed by atoms with Crippen molar-refractivity contribution in [1.29, 1.82) is 0 Å². The fraction of sp³-hybridized carbons (Fsp3) is 0.500. The zero-order valence-corrected chi connectivity index (χ0v) is 14.2. The first kappa shape index (κ1) is 17.4. The van der Waals surface area contributed by atoms with E-state index in [0.29, 0.717) is 4.88 Å². The fourth-order valence-electron chi connectivity index (χ4n) is 1.87. The summed E-state index contributed by atoms with van der Waals surface area (Å²) in [4.78, 5) is 24.4. The summed E-state index contributed by atoms with van der Waals surface area (Å²) in [6.07, 6.45) is 0.935. The van der Waals surface area contributed by atoms with Gasteiger partial charge in [-0.3, -0.25) is 9.59 Å². The van der Waals surface area contributed by atoms with E-state index >= 15 is 0 Å². The maximum absolute atomic E-state index is 11.9. The third-order valence-electron chi connectivity index (χ3n) is 2.94. The molecule has 2 rings (SSSR count). The molecule has 2 atom stereocenters. The lowest BCUT2D eigenvalue weighted by atomic mass is 10.2. The second-order valence-electron chi connectivity index (χ2n) is 4.50. The van der Waals surface area contributed by atoms with Crippen LogP contribution in [0.25, 0.3) is 0 Å². The molecule has 0 saturated carbocycles. The van der Waals surface area contributed by atoms with E-state index in [1.165, 1.54) is 11.3 Å². The lowest BCUT2D eigenvalue weighted by Crippen LogP contribution is -2.48. The molecule has 0 radical (unpaired) electrons. The minimum absolute atomic E-state index is 0. The average Bonchev–Trinajstić information content (AvgIpc) is 3.00. The summed E-state index contributed by atoms with van der Waals surface area (Å²) >= 11 is 4.65. The molecule has 3 N–H and O–H groups in total. The Morgan fingerprint density at radius 1 is 1.50 bits per heavy atom. The quantitative estimate of drug-likeness (QED) is 0.739. The molecule has 8 heteroatoms. The number of amides is 2. The van der Waals surface area contributed by atoms with Crippen LogP contribution >= 0.6 is 39.7 Å². The molecule has 0 aliphatic carbocycles. The number of hydrogen-bond acceptors (Lipinski definition) is 4. The van der Waals surface area contributed by atoms with E-state index in [1.54, 1.807) is 13.0 Å². The molecular weight excluding hydrogens is 366 g/mol. The number of halogens is 2. The summed E-state index contributed by atoms with van der Waals surface area (Å²) in [5, 5.41) is 8.80. The number of hydrogen-bond donors (Lipinski definition) is 3. The van der Waals surface area contributed by atoms with Gasteiger partial charge in [-0.05, 0) is 48.0 Å². The molecule has 0 aromatic carbocycles. The van der Waals surface area contributed by atoms with Gasteiger partial charge in [0.2, 0.25) is 5.91 Å². The van der Waals surface area contributed by atoms with Crippen LogP contribution in [0.5, 0.6) is 0 Å². The number of carbonyl (C=O) groups is 2. The van der Waals surface area contributed by atoms with Crippen LogP contribution in [-0.2, 0) is 4.79 Å². The van der Waals surface area contributed by atoms with Crippen molar-refractivity contribution in [3.05, 3.63) is 20.8 Å². The van der Waals surface area contributed by atoms with Gasteiger partial charge in [-0.1, -0.05) is 0 Å². The van der Waals surface area contributed by atoms with E-state index < -0.39 is 6.04 Å². The second-order valence-corrected chi connectivity index (χ2v) is 6.96. The fourth-order valence-corrected chi connectivity index (χ4v) is 3.16. The average molecular weight is 383 g/mol. The van der Waals surface area contributed by atoms with Gasteiger partial charge in [-0.15, -0.1) is 23.7 Å². The molecule has 20 heavy (non-hydrogen) atoms. The van der Waals surface area contributed by atoms with Crippen molar-refractivity contribution in [1.82, 2.24) is 16.0 Å². The Morgan fingerprint density at radius 3 is 2.80 bits per heavy atom. The van der Waals surface area contributed by atoms with Gasteiger partial charge in [0.15, 0.2) is 0 Å². The van der Waals surface area contributed by atoms with Gasteiger partial charge < -0.3 is 16.0 Å². The number of rotatable bonds is 4. The SMILES string of the molecule is CC(NC(=O)c1ccc(Br)s1)C(=O)NC1CCNC1.Cl. The number of thiophene rings is 1. The highest BCUT2D eigenvalue weighted by atomic mass is 79.9. The molecule has 0 spiro atoms. The molecule has 112 valence electrons. The second kappa shape index (κ2) is 7.97. The predicted molar refractivity (Wildman–Crippen MR) is 85.6 cm³/mol. The van der Waals surface area contributed by atoms with E-state index in [1.807, 2.05) is 6.07 Å². The molecule has 2 heterocycles. The van der Waals surface area contributed by atoms with E-state index in [-0.39, 0.29) is 30.3 Å². The number of carbonyl (C=O) groups excluding carboxylic acids is 2. The first-order valence-electron chi connectivity index (χ1n) is 6.13. The van der Waals surface area contributed by atoms with E-state index in [9.17, 15) is 9.59 Å². The zero-order chi connectivity index (χ0) is 13.8. The lowest BCUT2D eigenvalue weighted by molar-refractivity contribution is -0.123. The Hall–Kier alpha value is -0.630. The lowest BCUT2D eigenvalue weighted by Gasteiger charge is -2.17. The molecule has 1 aliphatic heterocycles. The van der Waals surface area contributed by atoms with E-state index in [4.69, 9.17) is 0 Å². The Kier molecular flexibility index (Phi) is 6.94. The van der Waals surface area contributed by atoms with Crippen molar-refractivity contribution in [2.45, 2.75) is 25.4 Å². The van der Waals surface area contributed by atoms with Crippen LogP contribution in [-0.4, -0.2) is 37.0 Å². The Balaban J connectivity index is 0.00000200. The highest BCUT2D eigenvalue weighted by Crippen LogP contribution is 2.21. The van der Waals surface area contributed by atoms with Crippen LogP contribution in [0.1, 0.15) is 23.0 Å². The molecular formula is C12H17BrClN3O2S. The largest absolute Gasteiger partial charge is 0.350 e. The van der Waals surface area contributed by atoms with E-state index in [0.717, 1.165) is 23.3 Å². The van der Waals surface area contributed by atoms with Crippen molar-refractivity contribution in [3.8, 4) is 0 Å². The topological polar surface area (TPSA) is 70.2 Å². The zero-order valence-electron chi connectivity index (χ0n) is 10.9. The smallest absolute Gasteiger partial charge is 0.262 e. The monoisotopic (exact) mass is 381 g/mol. The van der Waals surface area contributed by atoms with Crippen LogP contribution in [0.3, 0.4) is 0 Å². The van der Waals surface area contributed by atoms with Gasteiger partial charge in [0.05, 0.1) is 8.66 Å². The first-order valence-corrected chi connectivity index (χ1v) is 7.74. The molecule has 2 unspecified atom stereocenters.